The first kappa shape index (κ1) is 19.7. The van der Waals surface area contributed by atoms with E-state index in [1.54, 1.807) is 24.4 Å². The zero-order valence-electron chi connectivity index (χ0n) is 9.97. The van der Waals surface area contributed by atoms with E-state index < -0.39 is 5.97 Å². The first-order valence-corrected chi connectivity index (χ1v) is 4.98. The monoisotopic (exact) mass is 297 g/mol. The molecular formula is C13H12NO4V-3. The minimum Gasteiger partial charge on any atom is -2.00 e. The standard InChI is InChI=1S/C13H11NO2.H2O.O.V/c15-13(12-8-4-5-9-14-12)16-10-11-6-2-1-3-7-11;;;/h1-9H,10H2;1H2;;/q;;-2;/p-1. The fourth-order valence-electron chi connectivity index (χ4n) is 1.28. The second-order valence-corrected chi connectivity index (χ2v) is 3.28. The number of esters is 1. The van der Waals surface area contributed by atoms with Crippen LogP contribution in [-0.4, -0.2) is 16.4 Å². The van der Waals surface area contributed by atoms with Gasteiger partial charge in [0.1, 0.15) is 12.3 Å². The molecule has 5 nitrogen and oxygen atoms in total. The van der Waals surface area contributed by atoms with Crippen molar-refractivity contribution >= 4 is 5.97 Å². The maximum absolute atomic E-state index is 11.5. The third-order valence-electron chi connectivity index (χ3n) is 2.09. The molecule has 1 aromatic heterocycles. The number of nitrogens with zero attached hydrogens (tertiary/aromatic N) is 1. The van der Waals surface area contributed by atoms with Crippen molar-refractivity contribution in [1.29, 1.82) is 0 Å². The molecular weight excluding hydrogens is 285 g/mol. The molecule has 1 radical (unpaired) electrons. The van der Waals surface area contributed by atoms with Crippen LogP contribution in [0.3, 0.4) is 0 Å². The maximum Gasteiger partial charge on any atom is 0.357 e. The van der Waals surface area contributed by atoms with E-state index in [1.807, 2.05) is 30.3 Å². The number of benzene rings is 1. The Hall–Kier alpha value is -1.66. The van der Waals surface area contributed by atoms with Crippen molar-refractivity contribution in [1.82, 2.24) is 4.98 Å². The maximum atomic E-state index is 11.5. The summed E-state index contributed by atoms with van der Waals surface area (Å²) in [4.78, 5) is 15.4. The van der Waals surface area contributed by atoms with Gasteiger partial charge in [0.05, 0.1) is 0 Å². The van der Waals surface area contributed by atoms with Crippen molar-refractivity contribution in [3.05, 3.63) is 66.0 Å². The summed E-state index contributed by atoms with van der Waals surface area (Å²) in [6.07, 6.45) is 1.57. The van der Waals surface area contributed by atoms with Crippen molar-refractivity contribution in [2.45, 2.75) is 6.61 Å². The summed E-state index contributed by atoms with van der Waals surface area (Å²) in [5.74, 6) is -0.399. The number of hydrogen-bond acceptors (Lipinski definition) is 4. The van der Waals surface area contributed by atoms with Gasteiger partial charge < -0.3 is 15.7 Å². The van der Waals surface area contributed by atoms with E-state index in [0.717, 1.165) is 5.56 Å². The quantitative estimate of drug-likeness (QED) is 0.810. The minimum atomic E-state index is -0.399. The van der Waals surface area contributed by atoms with Crippen LogP contribution in [0.1, 0.15) is 16.1 Å². The summed E-state index contributed by atoms with van der Waals surface area (Å²) in [7, 11) is 0. The van der Waals surface area contributed by atoms with Crippen LogP contribution in [0.2, 0.25) is 0 Å². The van der Waals surface area contributed by atoms with E-state index in [2.05, 4.69) is 4.98 Å². The molecule has 6 heteroatoms. The summed E-state index contributed by atoms with van der Waals surface area (Å²) in [6, 6.07) is 14.7. The van der Waals surface area contributed by atoms with Gasteiger partial charge in [-0.3, -0.25) is 0 Å². The zero-order valence-corrected chi connectivity index (χ0v) is 11.4. The molecule has 2 rings (SSSR count). The van der Waals surface area contributed by atoms with Crippen LogP contribution in [0.15, 0.2) is 54.7 Å². The average Bonchev–Trinajstić information content (AvgIpc) is 2.38. The molecule has 0 unspecified atom stereocenters. The molecule has 0 atom stereocenters. The number of aromatic nitrogens is 1. The fourth-order valence-corrected chi connectivity index (χ4v) is 1.28. The average molecular weight is 297 g/mol. The Labute approximate surface area is 123 Å². The second-order valence-electron chi connectivity index (χ2n) is 3.28. The number of ether oxygens (including phenoxy) is 1. The van der Waals surface area contributed by atoms with E-state index in [9.17, 15) is 4.79 Å². The number of carbonyl (C=O) groups is 1. The van der Waals surface area contributed by atoms with Gasteiger partial charge in [-0.05, 0) is 17.7 Å². The van der Waals surface area contributed by atoms with Crippen LogP contribution in [0, 0.1) is 0 Å². The third-order valence-corrected chi connectivity index (χ3v) is 2.09. The molecule has 101 valence electrons. The van der Waals surface area contributed by atoms with Gasteiger partial charge in [0.25, 0.3) is 0 Å². The molecule has 1 aromatic carbocycles. The SMILES string of the molecule is O=C(OCc1ccccc1)c1ccccn1.[O-2].[OH-].[V]. The molecule has 0 bridgehead atoms. The van der Waals surface area contributed by atoms with E-state index in [0.29, 0.717) is 5.69 Å². The first-order valence-electron chi connectivity index (χ1n) is 4.98. The van der Waals surface area contributed by atoms with Gasteiger partial charge in [0.15, 0.2) is 0 Å². The molecule has 0 fully saturated rings. The van der Waals surface area contributed by atoms with Crippen molar-refractivity contribution in [2.24, 2.45) is 0 Å². The Morgan fingerprint density at radius 3 is 2.26 bits per heavy atom. The van der Waals surface area contributed by atoms with Crippen LogP contribution in [0.4, 0.5) is 0 Å². The van der Waals surface area contributed by atoms with Crippen LogP contribution in [0.5, 0.6) is 0 Å². The summed E-state index contributed by atoms with van der Waals surface area (Å²) in [5, 5.41) is 0. The topological polar surface area (TPSA) is 97.7 Å². The van der Waals surface area contributed by atoms with Crippen molar-refractivity contribution in [3.8, 4) is 0 Å². The Bertz CT molecular complexity index is 465. The van der Waals surface area contributed by atoms with Crippen LogP contribution in [0.25, 0.3) is 0 Å². The molecule has 2 aromatic rings. The summed E-state index contributed by atoms with van der Waals surface area (Å²) < 4.78 is 5.11. The third kappa shape index (κ3) is 6.17. The molecule has 0 aliphatic carbocycles. The van der Waals surface area contributed by atoms with Crippen molar-refractivity contribution in [3.63, 3.8) is 0 Å². The Morgan fingerprint density at radius 2 is 1.68 bits per heavy atom. The molecule has 19 heavy (non-hydrogen) atoms. The molecule has 0 aliphatic rings. The number of pyridine rings is 1. The smallest absolute Gasteiger partial charge is 0.357 e. The van der Waals surface area contributed by atoms with Gasteiger partial charge in [-0.15, -0.1) is 0 Å². The van der Waals surface area contributed by atoms with Gasteiger partial charge in [0, 0.05) is 24.8 Å². The molecule has 0 amide bonds. The van der Waals surface area contributed by atoms with E-state index in [-0.39, 0.29) is 36.1 Å². The molecule has 0 saturated heterocycles. The summed E-state index contributed by atoms with van der Waals surface area (Å²) >= 11 is 0. The van der Waals surface area contributed by atoms with Gasteiger partial charge >= 0.3 is 5.97 Å². The van der Waals surface area contributed by atoms with Gasteiger partial charge in [-0.1, -0.05) is 36.4 Å². The molecule has 0 spiro atoms. The van der Waals surface area contributed by atoms with Crippen molar-refractivity contribution in [2.75, 3.05) is 0 Å². The normalized spacial score (nSPS) is 8.21. The van der Waals surface area contributed by atoms with E-state index in [1.165, 1.54) is 0 Å². The summed E-state index contributed by atoms with van der Waals surface area (Å²) in [5.41, 5.74) is 1.30. The molecule has 0 saturated carbocycles. The van der Waals surface area contributed by atoms with E-state index in [4.69, 9.17) is 4.74 Å². The Morgan fingerprint density at radius 1 is 1.05 bits per heavy atom. The molecule has 1 N–H and O–H groups in total. The first-order chi connectivity index (χ1) is 7.86. The largest absolute Gasteiger partial charge is 2.00 e. The van der Waals surface area contributed by atoms with Crippen LogP contribution < -0.4 is 0 Å². The predicted octanol–water partition coefficient (Wildman–Crippen LogP) is 2.14. The van der Waals surface area contributed by atoms with Crippen LogP contribution in [-0.2, 0) is 35.4 Å². The van der Waals surface area contributed by atoms with Gasteiger partial charge in [-0.25, -0.2) is 9.78 Å². The molecule has 0 aliphatic heterocycles. The summed E-state index contributed by atoms with van der Waals surface area (Å²) in [6.45, 7) is 0.274. The molecule has 1 heterocycles. The predicted molar refractivity (Wildman–Crippen MR) is 62.4 cm³/mol. The number of carbonyl (C=O) groups excluding carboxylic acids is 1. The van der Waals surface area contributed by atoms with Gasteiger partial charge in [-0.2, -0.15) is 0 Å². The number of rotatable bonds is 3. The van der Waals surface area contributed by atoms with Crippen LogP contribution >= 0.6 is 0 Å². The Kier molecular flexibility index (Phi) is 10.7. The zero-order chi connectivity index (χ0) is 11.2. The number of hydrogen-bond donors (Lipinski definition) is 0. The Balaban J connectivity index is 0. The van der Waals surface area contributed by atoms with Gasteiger partial charge in [0.2, 0.25) is 0 Å². The van der Waals surface area contributed by atoms with E-state index >= 15 is 0 Å². The second kappa shape index (κ2) is 10.3. The van der Waals surface area contributed by atoms with Crippen molar-refractivity contribution < 1.29 is 39.0 Å². The fraction of sp³-hybridized carbons (Fsp3) is 0.0769. The minimum absolute atomic E-state index is 0.